The third-order valence-electron chi connectivity index (χ3n) is 6.35. The van der Waals surface area contributed by atoms with Gasteiger partial charge in [-0.05, 0) is 48.9 Å². The number of pyridine rings is 1. The Balaban J connectivity index is 1.36. The van der Waals surface area contributed by atoms with Crippen molar-refractivity contribution in [3.05, 3.63) is 59.4 Å². The average Bonchev–Trinajstić information content (AvgIpc) is 3.38. The molecule has 1 aliphatic rings. The number of amides is 1. The van der Waals surface area contributed by atoms with E-state index in [-0.39, 0.29) is 5.91 Å². The first-order valence-electron chi connectivity index (χ1n) is 12.4. The van der Waals surface area contributed by atoms with Gasteiger partial charge in [-0.3, -0.25) is 4.79 Å². The lowest BCUT2D eigenvalue weighted by molar-refractivity contribution is -0.129. The normalized spacial score (nSPS) is 13.5. The first-order valence-corrected chi connectivity index (χ1v) is 13.2. The zero-order chi connectivity index (χ0) is 26.6. The SMILES string of the molecule is COc1cc(C)cc(-c2nc(CN)sc2-c2ccnc(Nc3ccc(N4CCN(C(C)=O)CC4)nc3)n2)c1. The number of carbonyl (C=O) groups is 1. The van der Waals surface area contributed by atoms with Crippen molar-refractivity contribution in [1.29, 1.82) is 0 Å². The zero-order valence-electron chi connectivity index (χ0n) is 21.6. The number of rotatable bonds is 7. The fourth-order valence-electron chi connectivity index (χ4n) is 4.40. The van der Waals surface area contributed by atoms with Crippen LogP contribution in [0.4, 0.5) is 17.5 Å². The highest BCUT2D eigenvalue weighted by Gasteiger charge is 2.20. The summed E-state index contributed by atoms with van der Waals surface area (Å²) in [5.41, 5.74) is 10.3. The van der Waals surface area contributed by atoms with Crippen LogP contribution >= 0.6 is 11.3 Å². The number of methoxy groups -OCH3 is 1. The summed E-state index contributed by atoms with van der Waals surface area (Å²) in [7, 11) is 1.66. The van der Waals surface area contributed by atoms with E-state index in [0.29, 0.717) is 25.6 Å². The van der Waals surface area contributed by atoms with Gasteiger partial charge in [-0.1, -0.05) is 0 Å². The second-order valence-electron chi connectivity index (χ2n) is 9.02. The molecule has 5 rings (SSSR count). The summed E-state index contributed by atoms with van der Waals surface area (Å²) < 4.78 is 5.47. The van der Waals surface area contributed by atoms with E-state index in [9.17, 15) is 4.79 Å². The van der Waals surface area contributed by atoms with Crippen LogP contribution in [0.1, 0.15) is 17.5 Å². The number of benzene rings is 1. The molecule has 1 amide bonds. The Hall–Kier alpha value is -4.09. The van der Waals surface area contributed by atoms with Crippen LogP contribution < -0.4 is 20.7 Å². The third-order valence-corrected chi connectivity index (χ3v) is 7.45. The maximum Gasteiger partial charge on any atom is 0.227 e. The number of ether oxygens (including phenoxy) is 1. The number of nitrogens with two attached hydrogens (primary N) is 1. The number of hydrogen-bond acceptors (Lipinski definition) is 10. The van der Waals surface area contributed by atoms with Gasteiger partial charge in [-0.2, -0.15) is 0 Å². The molecule has 1 fully saturated rings. The fraction of sp³-hybridized carbons (Fsp3) is 0.296. The van der Waals surface area contributed by atoms with Crippen LogP contribution in [-0.2, 0) is 11.3 Å². The molecule has 1 aromatic carbocycles. The van der Waals surface area contributed by atoms with Crippen molar-refractivity contribution in [2.24, 2.45) is 5.73 Å². The van der Waals surface area contributed by atoms with E-state index < -0.39 is 0 Å². The number of hydrogen-bond donors (Lipinski definition) is 2. The second-order valence-corrected chi connectivity index (χ2v) is 10.1. The monoisotopic (exact) mass is 530 g/mol. The minimum atomic E-state index is 0.114. The first-order chi connectivity index (χ1) is 18.4. The highest BCUT2D eigenvalue weighted by molar-refractivity contribution is 7.15. The first kappa shape index (κ1) is 25.6. The molecule has 0 radical (unpaired) electrons. The Bertz CT molecular complexity index is 1430. The number of nitrogens with zero attached hydrogens (tertiary/aromatic N) is 6. The van der Waals surface area contributed by atoms with Crippen molar-refractivity contribution >= 4 is 34.7 Å². The Morgan fingerprint density at radius 3 is 2.61 bits per heavy atom. The van der Waals surface area contributed by atoms with E-state index in [1.54, 1.807) is 26.4 Å². The molecule has 4 aromatic rings. The molecule has 3 aromatic heterocycles. The summed E-state index contributed by atoms with van der Waals surface area (Å²) in [5.74, 6) is 2.23. The van der Waals surface area contributed by atoms with Crippen molar-refractivity contribution in [3.8, 4) is 27.6 Å². The minimum absolute atomic E-state index is 0.114. The molecule has 0 bridgehead atoms. The van der Waals surface area contributed by atoms with Crippen LogP contribution in [0.25, 0.3) is 21.8 Å². The number of aromatic nitrogens is 4. The van der Waals surface area contributed by atoms with Gasteiger partial charge >= 0.3 is 0 Å². The van der Waals surface area contributed by atoms with E-state index in [4.69, 9.17) is 20.4 Å². The summed E-state index contributed by atoms with van der Waals surface area (Å²) >= 11 is 1.52. The quantitative estimate of drug-likeness (QED) is 0.367. The van der Waals surface area contributed by atoms with Gasteiger partial charge in [-0.15, -0.1) is 11.3 Å². The van der Waals surface area contributed by atoms with E-state index in [0.717, 1.165) is 62.7 Å². The summed E-state index contributed by atoms with van der Waals surface area (Å²) in [4.78, 5) is 35.1. The Morgan fingerprint density at radius 2 is 1.92 bits per heavy atom. The summed E-state index contributed by atoms with van der Waals surface area (Å²) in [6.45, 7) is 6.92. The van der Waals surface area contributed by atoms with Gasteiger partial charge in [0.1, 0.15) is 16.6 Å². The Morgan fingerprint density at radius 1 is 1.11 bits per heavy atom. The maximum atomic E-state index is 11.6. The summed E-state index contributed by atoms with van der Waals surface area (Å²) in [6.07, 6.45) is 3.50. The van der Waals surface area contributed by atoms with Gasteiger partial charge in [0.15, 0.2) is 0 Å². The number of piperazine rings is 1. The molecule has 11 heteroatoms. The van der Waals surface area contributed by atoms with Crippen LogP contribution in [0.2, 0.25) is 0 Å². The molecular weight excluding hydrogens is 500 g/mol. The number of nitrogens with one attached hydrogen (secondary N) is 1. The van der Waals surface area contributed by atoms with Crippen molar-refractivity contribution in [3.63, 3.8) is 0 Å². The highest BCUT2D eigenvalue weighted by Crippen LogP contribution is 2.38. The molecule has 196 valence electrons. The molecule has 10 nitrogen and oxygen atoms in total. The van der Waals surface area contributed by atoms with E-state index in [2.05, 4.69) is 26.3 Å². The van der Waals surface area contributed by atoms with Crippen molar-refractivity contribution in [2.45, 2.75) is 20.4 Å². The van der Waals surface area contributed by atoms with Gasteiger partial charge in [0, 0.05) is 51.4 Å². The van der Waals surface area contributed by atoms with Crippen LogP contribution in [-0.4, -0.2) is 64.0 Å². The lowest BCUT2D eigenvalue weighted by atomic mass is 10.1. The predicted octanol–water partition coefficient (Wildman–Crippen LogP) is 3.85. The number of thiazole rings is 1. The summed E-state index contributed by atoms with van der Waals surface area (Å²) in [5, 5.41) is 4.08. The molecule has 4 heterocycles. The molecular formula is C27H30N8O2S. The van der Waals surface area contributed by atoms with Crippen molar-refractivity contribution in [1.82, 2.24) is 24.8 Å². The zero-order valence-corrected chi connectivity index (χ0v) is 22.5. The van der Waals surface area contributed by atoms with Crippen molar-refractivity contribution in [2.75, 3.05) is 43.5 Å². The van der Waals surface area contributed by atoms with E-state index >= 15 is 0 Å². The van der Waals surface area contributed by atoms with Gasteiger partial charge in [-0.25, -0.2) is 19.9 Å². The molecule has 3 N–H and O–H groups in total. The van der Waals surface area contributed by atoms with Gasteiger partial charge in [0.05, 0.1) is 35.3 Å². The largest absolute Gasteiger partial charge is 0.497 e. The molecule has 0 aliphatic carbocycles. The fourth-order valence-corrected chi connectivity index (χ4v) is 5.33. The van der Waals surface area contributed by atoms with Gasteiger partial charge in [0.2, 0.25) is 11.9 Å². The molecule has 1 aliphatic heterocycles. The minimum Gasteiger partial charge on any atom is -0.497 e. The molecule has 0 spiro atoms. The highest BCUT2D eigenvalue weighted by atomic mass is 32.1. The lowest BCUT2D eigenvalue weighted by Gasteiger charge is -2.34. The number of aryl methyl sites for hydroxylation is 1. The van der Waals surface area contributed by atoms with Crippen LogP contribution in [0, 0.1) is 6.92 Å². The number of anilines is 3. The maximum absolute atomic E-state index is 11.6. The van der Waals surface area contributed by atoms with Crippen LogP contribution in [0.15, 0.2) is 48.8 Å². The predicted molar refractivity (Wildman–Crippen MR) is 150 cm³/mol. The lowest BCUT2D eigenvalue weighted by Crippen LogP contribution is -2.48. The topological polar surface area (TPSA) is 122 Å². The van der Waals surface area contributed by atoms with Crippen molar-refractivity contribution < 1.29 is 9.53 Å². The van der Waals surface area contributed by atoms with Crippen LogP contribution in [0.3, 0.4) is 0 Å². The molecule has 0 atom stereocenters. The number of carbonyl (C=O) groups excluding carboxylic acids is 1. The standard InChI is InChI=1S/C27H30N8O2S/c1-17-12-19(14-21(13-17)37-3)25-26(38-24(15-28)33-25)22-6-7-29-27(32-22)31-20-4-5-23(30-16-20)35-10-8-34(9-11-35)18(2)36/h4-7,12-14,16H,8-11,15,28H2,1-3H3,(H,29,31,32). The van der Waals surface area contributed by atoms with Gasteiger partial charge in [0.25, 0.3) is 0 Å². The Kier molecular flexibility index (Phi) is 7.47. The van der Waals surface area contributed by atoms with Gasteiger partial charge < -0.3 is 25.6 Å². The molecule has 0 unspecified atom stereocenters. The second kappa shape index (κ2) is 11.1. The molecule has 1 saturated heterocycles. The van der Waals surface area contributed by atoms with E-state index in [1.807, 2.05) is 42.2 Å². The molecule has 0 saturated carbocycles. The molecule has 38 heavy (non-hydrogen) atoms. The Labute approximate surface area is 225 Å². The smallest absolute Gasteiger partial charge is 0.227 e. The van der Waals surface area contributed by atoms with E-state index in [1.165, 1.54) is 11.3 Å². The summed E-state index contributed by atoms with van der Waals surface area (Å²) in [6, 6.07) is 11.8. The third kappa shape index (κ3) is 5.58. The van der Waals surface area contributed by atoms with Crippen LogP contribution in [0.5, 0.6) is 5.75 Å². The average molecular weight is 531 g/mol.